The number of aryl methyl sites for hydroxylation is 1. The first-order valence-corrected chi connectivity index (χ1v) is 5.85. The van der Waals surface area contributed by atoms with Crippen LogP contribution in [0.25, 0.3) is 0 Å². The van der Waals surface area contributed by atoms with Crippen molar-refractivity contribution in [2.45, 2.75) is 32.7 Å². The van der Waals surface area contributed by atoms with E-state index in [1.165, 1.54) is 6.07 Å². The summed E-state index contributed by atoms with van der Waals surface area (Å²) in [6, 6.07) is 4.40. The summed E-state index contributed by atoms with van der Waals surface area (Å²) in [7, 11) is 0. The SMILES string of the molecule is CCCC(CN)NC(=O)c1cc(C)ccc1F. The first-order valence-electron chi connectivity index (χ1n) is 5.85. The van der Waals surface area contributed by atoms with Crippen molar-refractivity contribution in [2.24, 2.45) is 5.73 Å². The van der Waals surface area contributed by atoms with Gasteiger partial charge in [-0.05, 0) is 25.5 Å². The van der Waals surface area contributed by atoms with Crippen molar-refractivity contribution in [3.05, 3.63) is 35.1 Å². The first kappa shape index (κ1) is 13.6. The van der Waals surface area contributed by atoms with Gasteiger partial charge in [0.05, 0.1) is 5.56 Å². The summed E-state index contributed by atoms with van der Waals surface area (Å²) in [6.07, 6.45) is 1.73. The van der Waals surface area contributed by atoms with Gasteiger partial charge in [-0.3, -0.25) is 4.79 Å². The van der Waals surface area contributed by atoms with E-state index in [0.29, 0.717) is 6.54 Å². The topological polar surface area (TPSA) is 55.1 Å². The van der Waals surface area contributed by atoms with Gasteiger partial charge >= 0.3 is 0 Å². The number of rotatable bonds is 5. The largest absolute Gasteiger partial charge is 0.348 e. The quantitative estimate of drug-likeness (QED) is 0.824. The maximum absolute atomic E-state index is 13.5. The van der Waals surface area contributed by atoms with Crippen LogP contribution in [0.5, 0.6) is 0 Å². The van der Waals surface area contributed by atoms with Crippen LogP contribution < -0.4 is 11.1 Å². The number of hydrogen-bond donors (Lipinski definition) is 2. The van der Waals surface area contributed by atoms with Crippen LogP contribution in [0.4, 0.5) is 4.39 Å². The minimum atomic E-state index is -0.500. The van der Waals surface area contributed by atoms with Gasteiger partial charge in [-0.2, -0.15) is 0 Å². The van der Waals surface area contributed by atoms with E-state index < -0.39 is 11.7 Å². The van der Waals surface area contributed by atoms with E-state index in [1.807, 2.05) is 13.8 Å². The molecule has 1 aromatic rings. The molecule has 1 atom stereocenters. The molecule has 3 nitrogen and oxygen atoms in total. The van der Waals surface area contributed by atoms with Crippen LogP contribution in [-0.2, 0) is 0 Å². The minimum absolute atomic E-state index is 0.0829. The van der Waals surface area contributed by atoms with Gasteiger partial charge in [-0.25, -0.2) is 4.39 Å². The Kier molecular flexibility index (Phi) is 5.10. The van der Waals surface area contributed by atoms with Gasteiger partial charge in [0.2, 0.25) is 0 Å². The lowest BCUT2D eigenvalue weighted by Gasteiger charge is -2.16. The highest BCUT2D eigenvalue weighted by molar-refractivity contribution is 5.94. The van der Waals surface area contributed by atoms with Gasteiger partial charge in [-0.15, -0.1) is 0 Å². The summed E-state index contributed by atoms with van der Waals surface area (Å²) >= 11 is 0. The number of carbonyl (C=O) groups excluding carboxylic acids is 1. The number of amides is 1. The zero-order chi connectivity index (χ0) is 12.8. The molecule has 4 heteroatoms. The second-order valence-corrected chi connectivity index (χ2v) is 4.18. The second-order valence-electron chi connectivity index (χ2n) is 4.18. The molecule has 0 radical (unpaired) electrons. The van der Waals surface area contributed by atoms with E-state index in [0.717, 1.165) is 18.4 Å². The monoisotopic (exact) mass is 238 g/mol. The van der Waals surface area contributed by atoms with Crippen molar-refractivity contribution in [1.82, 2.24) is 5.32 Å². The Labute approximate surface area is 101 Å². The van der Waals surface area contributed by atoms with E-state index in [2.05, 4.69) is 5.32 Å². The molecule has 0 fully saturated rings. The number of benzene rings is 1. The molecular weight excluding hydrogens is 219 g/mol. The zero-order valence-electron chi connectivity index (χ0n) is 10.3. The predicted molar refractivity (Wildman–Crippen MR) is 66.4 cm³/mol. The smallest absolute Gasteiger partial charge is 0.254 e. The van der Waals surface area contributed by atoms with Crippen LogP contribution in [0.15, 0.2) is 18.2 Å². The summed E-state index contributed by atoms with van der Waals surface area (Å²) in [5.41, 5.74) is 6.49. The van der Waals surface area contributed by atoms with E-state index in [9.17, 15) is 9.18 Å². The number of carbonyl (C=O) groups is 1. The number of hydrogen-bond acceptors (Lipinski definition) is 2. The lowest BCUT2D eigenvalue weighted by atomic mass is 10.1. The third-order valence-electron chi connectivity index (χ3n) is 2.62. The van der Waals surface area contributed by atoms with Crippen LogP contribution in [0, 0.1) is 12.7 Å². The predicted octanol–water partition coefficient (Wildman–Crippen LogP) is 1.99. The van der Waals surface area contributed by atoms with Crippen LogP contribution in [0.3, 0.4) is 0 Å². The molecule has 0 spiro atoms. The van der Waals surface area contributed by atoms with Crippen molar-refractivity contribution in [2.75, 3.05) is 6.54 Å². The van der Waals surface area contributed by atoms with Crippen LogP contribution in [0.1, 0.15) is 35.7 Å². The molecule has 0 saturated carbocycles. The molecule has 1 aromatic carbocycles. The van der Waals surface area contributed by atoms with Crippen molar-refractivity contribution in [1.29, 1.82) is 0 Å². The fourth-order valence-electron chi connectivity index (χ4n) is 1.67. The Hall–Kier alpha value is -1.42. The van der Waals surface area contributed by atoms with Gasteiger partial charge in [0.15, 0.2) is 0 Å². The van der Waals surface area contributed by atoms with E-state index in [-0.39, 0.29) is 11.6 Å². The van der Waals surface area contributed by atoms with Crippen molar-refractivity contribution in [3.63, 3.8) is 0 Å². The molecule has 1 amide bonds. The zero-order valence-corrected chi connectivity index (χ0v) is 10.3. The lowest BCUT2D eigenvalue weighted by molar-refractivity contribution is 0.0932. The molecule has 17 heavy (non-hydrogen) atoms. The van der Waals surface area contributed by atoms with Gasteiger partial charge in [0, 0.05) is 12.6 Å². The Morgan fingerprint density at radius 1 is 1.53 bits per heavy atom. The highest BCUT2D eigenvalue weighted by atomic mass is 19.1. The molecule has 0 aromatic heterocycles. The highest BCUT2D eigenvalue weighted by Gasteiger charge is 2.15. The maximum Gasteiger partial charge on any atom is 0.254 e. The Balaban J connectivity index is 2.78. The van der Waals surface area contributed by atoms with Crippen LogP contribution in [-0.4, -0.2) is 18.5 Å². The summed E-state index contributed by atoms with van der Waals surface area (Å²) in [6.45, 7) is 4.21. The standard InChI is InChI=1S/C13H19FN2O/c1-3-4-10(8-15)16-13(17)11-7-9(2)5-6-12(11)14/h5-7,10H,3-4,8,15H2,1-2H3,(H,16,17). The summed E-state index contributed by atoms with van der Waals surface area (Å²) in [5.74, 6) is -0.893. The fourth-order valence-corrected chi connectivity index (χ4v) is 1.67. The number of halogens is 1. The molecule has 0 saturated heterocycles. The lowest BCUT2D eigenvalue weighted by Crippen LogP contribution is -2.40. The van der Waals surface area contributed by atoms with Gasteiger partial charge < -0.3 is 11.1 Å². The molecule has 1 rings (SSSR count). The molecule has 1 unspecified atom stereocenters. The Morgan fingerprint density at radius 2 is 2.24 bits per heavy atom. The summed E-state index contributed by atoms with van der Waals surface area (Å²) in [4.78, 5) is 11.9. The molecule has 0 aliphatic carbocycles. The minimum Gasteiger partial charge on any atom is -0.348 e. The third-order valence-corrected chi connectivity index (χ3v) is 2.62. The molecule has 0 aliphatic rings. The number of nitrogens with two attached hydrogens (primary N) is 1. The van der Waals surface area contributed by atoms with E-state index in [1.54, 1.807) is 12.1 Å². The first-order chi connectivity index (χ1) is 8.08. The average molecular weight is 238 g/mol. The van der Waals surface area contributed by atoms with E-state index in [4.69, 9.17) is 5.73 Å². The van der Waals surface area contributed by atoms with Crippen molar-refractivity contribution >= 4 is 5.91 Å². The Morgan fingerprint density at radius 3 is 2.82 bits per heavy atom. The highest BCUT2D eigenvalue weighted by Crippen LogP contribution is 2.10. The molecular formula is C13H19FN2O. The summed E-state index contributed by atoms with van der Waals surface area (Å²) in [5, 5.41) is 2.75. The molecule has 0 bridgehead atoms. The summed E-state index contributed by atoms with van der Waals surface area (Å²) < 4.78 is 13.5. The van der Waals surface area contributed by atoms with Crippen LogP contribution >= 0.6 is 0 Å². The number of nitrogens with one attached hydrogen (secondary N) is 1. The maximum atomic E-state index is 13.5. The molecule has 94 valence electrons. The average Bonchev–Trinajstić information content (AvgIpc) is 2.31. The van der Waals surface area contributed by atoms with Crippen molar-refractivity contribution < 1.29 is 9.18 Å². The van der Waals surface area contributed by atoms with Gasteiger partial charge in [-0.1, -0.05) is 25.0 Å². The normalized spacial score (nSPS) is 12.2. The fraction of sp³-hybridized carbons (Fsp3) is 0.462. The molecule has 0 heterocycles. The molecule has 0 aliphatic heterocycles. The van der Waals surface area contributed by atoms with Crippen molar-refractivity contribution in [3.8, 4) is 0 Å². The third kappa shape index (κ3) is 3.82. The van der Waals surface area contributed by atoms with Gasteiger partial charge in [0.1, 0.15) is 5.82 Å². The van der Waals surface area contributed by atoms with Gasteiger partial charge in [0.25, 0.3) is 5.91 Å². The Bertz CT molecular complexity index is 393. The second kappa shape index (κ2) is 6.35. The van der Waals surface area contributed by atoms with E-state index >= 15 is 0 Å². The van der Waals surface area contributed by atoms with Crippen LogP contribution in [0.2, 0.25) is 0 Å². The molecule has 3 N–H and O–H groups in total.